The molecule has 1 heterocycles. The average molecular weight is 359 g/mol. The van der Waals surface area contributed by atoms with Crippen molar-refractivity contribution in [2.75, 3.05) is 6.61 Å². The van der Waals surface area contributed by atoms with E-state index in [1.165, 1.54) is 6.33 Å². The Balaban J connectivity index is 1.72. The number of aromatic nitrogens is 3. The molecule has 0 atom stereocenters. The van der Waals surface area contributed by atoms with Gasteiger partial charge in [-0.3, -0.25) is 0 Å². The second kappa shape index (κ2) is 7.19. The summed E-state index contributed by atoms with van der Waals surface area (Å²) >= 11 is 0. The zero-order valence-corrected chi connectivity index (χ0v) is 15.2. The minimum atomic E-state index is -0.328. The van der Waals surface area contributed by atoms with Gasteiger partial charge in [0.25, 0.3) is 0 Å². The Morgan fingerprint density at radius 2 is 1.81 bits per heavy atom. The molecule has 2 aromatic carbocycles. The number of esters is 1. The molecular weight excluding hydrogens is 338 g/mol. The van der Waals surface area contributed by atoms with Gasteiger partial charge in [-0.1, -0.05) is 54.6 Å². The van der Waals surface area contributed by atoms with E-state index in [1.807, 2.05) is 29.8 Å². The molecule has 5 heteroatoms. The second-order valence-corrected chi connectivity index (χ2v) is 6.63. The minimum Gasteiger partial charge on any atom is -0.463 e. The number of rotatable bonds is 6. The molecule has 5 nitrogen and oxygen atoms in total. The fourth-order valence-electron chi connectivity index (χ4n) is 3.43. The minimum absolute atomic E-state index is 0.322. The van der Waals surface area contributed by atoms with E-state index in [2.05, 4.69) is 46.5 Å². The van der Waals surface area contributed by atoms with E-state index in [0.717, 1.165) is 35.1 Å². The van der Waals surface area contributed by atoms with Gasteiger partial charge in [0, 0.05) is 6.08 Å². The van der Waals surface area contributed by atoms with Crippen molar-refractivity contribution in [3.8, 4) is 11.1 Å². The van der Waals surface area contributed by atoms with Crippen molar-refractivity contribution in [3.63, 3.8) is 0 Å². The van der Waals surface area contributed by atoms with E-state index in [9.17, 15) is 4.79 Å². The summed E-state index contributed by atoms with van der Waals surface area (Å²) in [6, 6.07) is 18.5. The van der Waals surface area contributed by atoms with Crippen LogP contribution in [0.4, 0.5) is 0 Å². The third-order valence-electron chi connectivity index (χ3n) is 4.93. The summed E-state index contributed by atoms with van der Waals surface area (Å²) in [5, 5.41) is 4.33. The first-order chi connectivity index (χ1) is 13.2. The first-order valence-electron chi connectivity index (χ1n) is 9.13. The Bertz CT molecular complexity index is 941. The number of hydrogen-bond acceptors (Lipinski definition) is 4. The van der Waals surface area contributed by atoms with Crippen molar-refractivity contribution in [1.29, 1.82) is 0 Å². The third kappa shape index (κ3) is 3.40. The van der Waals surface area contributed by atoms with Crippen molar-refractivity contribution in [3.05, 3.63) is 78.9 Å². The van der Waals surface area contributed by atoms with E-state index >= 15 is 0 Å². The van der Waals surface area contributed by atoms with Crippen molar-refractivity contribution >= 4 is 11.5 Å². The lowest BCUT2D eigenvalue weighted by atomic mass is 9.94. The van der Waals surface area contributed by atoms with Crippen LogP contribution in [0.2, 0.25) is 0 Å². The summed E-state index contributed by atoms with van der Waals surface area (Å²) in [6.07, 6.45) is 6.69. The van der Waals surface area contributed by atoms with Crippen molar-refractivity contribution in [2.24, 2.45) is 0 Å². The van der Waals surface area contributed by atoms with Crippen LogP contribution in [0.25, 0.3) is 16.7 Å². The first kappa shape index (κ1) is 17.2. The lowest BCUT2D eigenvalue weighted by Crippen LogP contribution is -2.21. The Morgan fingerprint density at radius 1 is 1.11 bits per heavy atom. The highest BCUT2D eigenvalue weighted by Crippen LogP contribution is 2.53. The van der Waals surface area contributed by atoms with E-state index in [-0.39, 0.29) is 11.5 Å². The molecule has 0 amide bonds. The fraction of sp³-hybridized carbons (Fsp3) is 0.227. The zero-order valence-electron chi connectivity index (χ0n) is 15.2. The van der Waals surface area contributed by atoms with Gasteiger partial charge in [0.2, 0.25) is 0 Å². The molecule has 1 aromatic heterocycles. The Labute approximate surface area is 158 Å². The molecular formula is C22H21N3O2. The molecule has 0 unspecified atom stereocenters. The Morgan fingerprint density at radius 3 is 2.41 bits per heavy atom. The molecule has 4 rings (SSSR count). The second-order valence-electron chi connectivity index (χ2n) is 6.63. The first-order valence-corrected chi connectivity index (χ1v) is 9.13. The highest BCUT2D eigenvalue weighted by atomic mass is 16.5. The normalized spacial score (nSPS) is 15.4. The maximum atomic E-state index is 12.2. The molecule has 3 aromatic rings. The van der Waals surface area contributed by atoms with E-state index in [0.29, 0.717) is 6.61 Å². The monoisotopic (exact) mass is 359 g/mol. The molecule has 1 aliphatic rings. The predicted octanol–water partition coefficient (Wildman–Crippen LogP) is 4.08. The number of benzene rings is 2. The van der Waals surface area contributed by atoms with Gasteiger partial charge in [0.1, 0.15) is 12.7 Å². The lowest BCUT2D eigenvalue weighted by molar-refractivity contribution is -0.137. The van der Waals surface area contributed by atoms with Gasteiger partial charge in [0.15, 0.2) is 0 Å². The topological polar surface area (TPSA) is 57.0 Å². The van der Waals surface area contributed by atoms with Gasteiger partial charge in [-0.2, -0.15) is 5.10 Å². The van der Waals surface area contributed by atoms with Gasteiger partial charge in [0.05, 0.1) is 12.1 Å². The van der Waals surface area contributed by atoms with Crippen LogP contribution >= 0.6 is 0 Å². The number of hydrogen-bond donors (Lipinski definition) is 0. The van der Waals surface area contributed by atoms with E-state index in [4.69, 9.17) is 4.74 Å². The van der Waals surface area contributed by atoms with Crippen LogP contribution in [0.1, 0.15) is 25.3 Å². The number of carbonyl (C=O) groups is 1. The summed E-state index contributed by atoms with van der Waals surface area (Å²) in [4.78, 5) is 16.3. The molecule has 27 heavy (non-hydrogen) atoms. The molecule has 0 aliphatic heterocycles. The third-order valence-corrected chi connectivity index (χ3v) is 4.93. The Kier molecular flexibility index (Phi) is 4.59. The van der Waals surface area contributed by atoms with Gasteiger partial charge < -0.3 is 4.74 Å². The standard InChI is InChI=1S/C22H21N3O2/c1-2-27-21(26)14-20(22(12-13-22)25-16-23-15-24-25)19-10-8-18(9-11-19)17-6-4-3-5-7-17/h3-11,14-16H,2,12-13H2,1H3. The summed E-state index contributed by atoms with van der Waals surface area (Å²) in [5.74, 6) is -0.328. The van der Waals surface area contributed by atoms with Crippen LogP contribution < -0.4 is 0 Å². The maximum absolute atomic E-state index is 12.2. The zero-order chi connectivity index (χ0) is 18.7. The lowest BCUT2D eigenvalue weighted by Gasteiger charge is -2.20. The summed E-state index contributed by atoms with van der Waals surface area (Å²) < 4.78 is 7.02. The molecule has 1 saturated carbocycles. The molecule has 0 radical (unpaired) electrons. The van der Waals surface area contributed by atoms with Crippen LogP contribution in [0.15, 0.2) is 73.3 Å². The highest BCUT2D eigenvalue weighted by Gasteiger charge is 2.49. The van der Waals surface area contributed by atoms with E-state index < -0.39 is 0 Å². The van der Waals surface area contributed by atoms with Gasteiger partial charge in [-0.25, -0.2) is 14.5 Å². The number of ether oxygens (including phenoxy) is 1. The summed E-state index contributed by atoms with van der Waals surface area (Å²) in [6.45, 7) is 2.16. The van der Waals surface area contributed by atoms with Crippen LogP contribution in [0.5, 0.6) is 0 Å². The summed E-state index contributed by atoms with van der Waals surface area (Å²) in [5.41, 5.74) is 3.90. The fourth-order valence-corrected chi connectivity index (χ4v) is 3.43. The smallest absolute Gasteiger partial charge is 0.331 e. The maximum Gasteiger partial charge on any atom is 0.331 e. The molecule has 0 saturated heterocycles. The quantitative estimate of drug-likeness (QED) is 0.491. The number of allylic oxidation sites excluding steroid dienone is 1. The van der Waals surface area contributed by atoms with Gasteiger partial charge in [-0.05, 0) is 42.0 Å². The number of carbonyl (C=O) groups excluding carboxylic acids is 1. The van der Waals surface area contributed by atoms with Crippen molar-refractivity contribution in [2.45, 2.75) is 25.3 Å². The molecule has 0 N–H and O–H groups in total. The SMILES string of the molecule is CCOC(=O)C=C(c1ccc(-c2ccccc2)cc1)C1(n2cncn2)CC1. The average Bonchev–Trinajstić information content (AvgIpc) is 3.31. The Hall–Kier alpha value is -3.21. The van der Waals surface area contributed by atoms with E-state index in [1.54, 1.807) is 12.4 Å². The van der Waals surface area contributed by atoms with Gasteiger partial charge in [-0.15, -0.1) is 0 Å². The molecule has 0 bridgehead atoms. The molecule has 0 spiro atoms. The molecule has 136 valence electrons. The van der Waals surface area contributed by atoms with Crippen LogP contribution in [0.3, 0.4) is 0 Å². The number of nitrogens with zero attached hydrogens (tertiary/aromatic N) is 3. The molecule has 1 fully saturated rings. The van der Waals surface area contributed by atoms with Crippen molar-refractivity contribution < 1.29 is 9.53 Å². The van der Waals surface area contributed by atoms with Crippen LogP contribution in [-0.2, 0) is 15.1 Å². The van der Waals surface area contributed by atoms with Crippen molar-refractivity contribution in [1.82, 2.24) is 14.8 Å². The van der Waals surface area contributed by atoms with Gasteiger partial charge >= 0.3 is 5.97 Å². The van der Waals surface area contributed by atoms with Crippen LogP contribution in [0, 0.1) is 0 Å². The summed E-state index contributed by atoms with van der Waals surface area (Å²) in [7, 11) is 0. The van der Waals surface area contributed by atoms with Crippen LogP contribution in [-0.4, -0.2) is 27.3 Å². The molecule has 1 aliphatic carbocycles. The highest BCUT2D eigenvalue weighted by molar-refractivity contribution is 5.94. The largest absolute Gasteiger partial charge is 0.463 e. The predicted molar refractivity (Wildman–Crippen MR) is 104 cm³/mol.